The largest absolute Gasteiger partial charge is 0.359 e. The van der Waals surface area contributed by atoms with Gasteiger partial charge < -0.3 is 14.8 Å². The van der Waals surface area contributed by atoms with Crippen molar-refractivity contribution in [3.63, 3.8) is 0 Å². The van der Waals surface area contributed by atoms with E-state index in [2.05, 4.69) is 52.1 Å². The van der Waals surface area contributed by atoms with Gasteiger partial charge in [-0.15, -0.1) is 0 Å². The van der Waals surface area contributed by atoms with Crippen LogP contribution in [0, 0.1) is 0 Å². The molecule has 8 nitrogen and oxygen atoms in total. The summed E-state index contributed by atoms with van der Waals surface area (Å²) in [5.41, 5.74) is 3.92. The van der Waals surface area contributed by atoms with Crippen molar-refractivity contribution in [3.05, 3.63) is 30.9 Å². The van der Waals surface area contributed by atoms with Crippen molar-refractivity contribution in [2.24, 2.45) is 0 Å². The van der Waals surface area contributed by atoms with E-state index in [4.69, 9.17) is 15.0 Å². The molecule has 32 heavy (non-hydrogen) atoms. The third-order valence-corrected chi connectivity index (χ3v) is 8.73. The van der Waals surface area contributed by atoms with E-state index in [1.807, 2.05) is 24.8 Å². The molecule has 0 saturated carbocycles. The standard InChI is InChI=1S/C22H24N8S2/c1-12-8-14(5-7-29(12)2)30(3)22-28-21-20(32-22)27-19(31-21)18-17-15(4-6-23-17)16(11-24-18)13-9-25-26-10-13/h4,6,9-12,14,23H,5,7-8H2,1-3H3,(H,25,26). The van der Waals surface area contributed by atoms with Crippen LogP contribution < -0.4 is 4.90 Å². The number of fused-ring (bicyclic) bond motifs is 2. The lowest BCUT2D eigenvalue weighted by Gasteiger charge is -2.39. The first-order valence-electron chi connectivity index (χ1n) is 10.7. The van der Waals surface area contributed by atoms with Crippen LogP contribution in [-0.2, 0) is 0 Å². The van der Waals surface area contributed by atoms with Crippen LogP contribution in [0.25, 0.3) is 42.4 Å². The Balaban J connectivity index is 1.32. The molecule has 1 fully saturated rings. The molecule has 0 aromatic carbocycles. The first-order chi connectivity index (χ1) is 15.6. The third-order valence-electron chi connectivity index (χ3n) is 6.60. The summed E-state index contributed by atoms with van der Waals surface area (Å²) < 4.78 is 0. The molecule has 10 heteroatoms. The quantitative estimate of drug-likeness (QED) is 0.404. The SMILES string of the molecule is CC1CC(N(C)c2nc3sc(-c4ncc(-c5cn[nH]c5)c5cc[nH]c45)nc3s2)CCN1C. The van der Waals surface area contributed by atoms with Gasteiger partial charge in [-0.2, -0.15) is 5.10 Å². The Morgan fingerprint density at radius 3 is 2.84 bits per heavy atom. The molecule has 0 radical (unpaired) electrons. The molecule has 6 heterocycles. The molecule has 2 unspecified atom stereocenters. The van der Waals surface area contributed by atoms with Crippen molar-refractivity contribution in [1.82, 2.24) is 35.0 Å². The van der Waals surface area contributed by atoms with Gasteiger partial charge in [0.05, 0.1) is 11.7 Å². The van der Waals surface area contributed by atoms with Gasteiger partial charge in [0.1, 0.15) is 10.7 Å². The van der Waals surface area contributed by atoms with Gasteiger partial charge >= 0.3 is 0 Å². The summed E-state index contributed by atoms with van der Waals surface area (Å²) in [7, 11) is 4.38. The van der Waals surface area contributed by atoms with E-state index in [0.29, 0.717) is 12.1 Å². The number of nitrogens with zero attached hydrogens (tertiary/aromatic N) is 6. The molecule has 164 valence electrons. The lowest BCUT2D eigenvalue weighted by Crippen LogP contribution is -2.46. The highest BCUT2D eigenvalue weighted by atomic mass is 32.1. The van der Waals surface area contributed by atoms with Crippen LogP contribution in [0.5, 0.6) is 0 Å². The number of anilines is 1. The number of thiazole rings is 2. The van der Waals surface area contributed by atoms with Gasteiger partial charge in [0, 0.05) is 60.8 Å². The highest BCUT2D eigenvalue weighted by molar-refractivity contribution is 7.29. The van der Waals surface area contributed by atoms with Crippen molar-refractivity contribution in [1.29, 1.82) is 0 Å². The molecular formula is C22H24N8S2. The number of aromatic amines is 2. The van der Waals surface area contributed by atoms with E-state index in [9.17, 15) is 0 Å². The Morgan fingerprint density at radius 2 is 2.06 bits per heavy atom. The van der Waals surface area contributed by atoms with Crippen LogP contribution >= 0.6 is 22.7 Å². The number of likely N-dealkylation sites (tertiary alicyclic amines) is 1. The smallest absolute Gasteiger partial charge is 0.188 e. The number of pyridine rings is 1. The van der Waals surface area contributed by atoms with Crippen molar-refractivity contribution in [3.8, 4) is 21.8 Å². The van der Waals surface area contributed by atoms with Crippen LogP contribution in [0.15, 0.2) is 30.9 Å². The monoisotopic (exact) mass is 464 g/mol. The normalized spacial score (nSPS) is 19.8. The fourth-order valence-electron chi connectivity index (χ4n) is 4.50. The van der Waals surface area contributed by atoms with Gasteiger partial charge in [0.2, 0.25) is 0 Å². The fourth-order valence-corrected chi connectivity index (χ4v) is 6.57. The summed E-state index contributed by atoms with van der Waals surface area (Å²) >= 11 is 3.29. The van der Waals surface area contributed by atoms with Gasteiger partial charge in [-0.25, -0.2) is 9.97 Å². The minimum absolute atomic E-state index is 0.525. The second-order valence-electron chi connectivity index (χ2n) is 8.52. The van der Waals surface area contributed by atoms with Gasteiger partial charge in [-0.1, -0.05) is 22.7 Å². The number of H-pyrrole nitrogens is 2. The molecule has 0 bridgehead atoms. The van der Waals surface area contributed by atoms with Crippen LogP contribution in [-0.4, -0.2) is 67.8 Å². The van der Waals surface area contributed by atoms with Gasteiger partial charge in [-0.3, -0.25) is 10.1 Å². The number of hydrogen-bond donors (Lipinski definition) is 2. The topological polar surface area (TPSA) is 89.6 Å². The molecule has 0 amide bonds. The second kappa shape index (κ2) is 7.65. The first-order valence-corrected chi connectivity index (χ1v) is 12.4. The minimum atomic E-state index is 0.525. The number of hydrogen-bond acceptors (Lipinski definition) is 8. The Bertz CT molecular complexity index is 1350. The molecule has 5 aromatic heterocycles. The van der Waals surface area contributed by atoms with Crippen LogP contribution in [0.3, 0.4) is 0 Å². The summed E-state index contributed by atoms with van der Waals surface area (Å²) in [6.07, 6.45) is 9.88. The van der Waals surface area contributed by atoms with E-state index in [1.165, 1.54) is 6.42 Å². The highest BCUT2D eigenvalue weighted by Crippen LogP contribution is 2.39. The zero-order valence-electron chi connectivity index (χ0n) is 18.2. The van der Waals surface area contributed by atoms with Gasteiger partial charge in [-0.05, 0) is 32.9 Å². The number of piperidine rings is 1. The maximum atomic E-state index is 4.94. The van der Waals surface area contributed by atoms with Gasteiger partial charge in [0.25, 0.3) is 0 Å². The summed E-state index contributed by atoms with van der Waals surface area (Å²) in [5, 5.41) is 10.0. The summed E-state index contributed by atoms with van der Waals surface area (Å²) in [6, 6.07) is 3.20. The second-order valence-corrected chi connectivity index (χ2v) is 10.5. The average molecular weight is 465 g/mol. The number of nitrogens with one attached hydrogen (secondary N) is 2. The zero-order chi connectivity index (χ0) is 21.8. The van der Waals surface area contributed by atoms with E-state index in [0.717, 1.165) is 60.5 Å². The lowest BCUT2D eigenvalue weighted by molar-refractivity contribution is 0.181. The Morgan fingerprint density at radius 1 is 1.19 bits per heavy atom. The highest BCUT2D eigenvalue weighted by Gasteiger charge is 2.28. The molecule has 0 spiro atoms. The van der Waals surface area contributed by atoms with Crippen LogP contribution in [0.2, 0.25) is 0 Å². The first kappa shape index (κ1) is 19.8. The number of aromatic nitrogens is 6. The molecular weight excluding hydrogens is 440 g/mol. The molecule has 1 saturated heterocycles. The molecule has 1 aliphatic rings. The zero-order valence-corrected chi connectivity index (χ0v) is 19.8. The van der Waals surface area contributed by atoms with Crippen molar-refractivity contribution >= 4 is 48.4 Å². The summed E-state index contributed by atoms with van der Waals surface area (Å²) in [5.74, 6) is 0. The fraction of sp³-hybridized carbons (Fsp3) is 0.364. The summed E-state index contributed by atoms with van der Waals surface area (Å²) in [4.78, 5) is 24.7. The van der Waals surface area contributed by atoms with Crippen molar-refractivity contribution < 1.29 is 0 Å². The molecule has 2 atom stereocenters. The third kappa shape index (κ3) is 3.21. The van der Waals surface area contributed by atoms with Crippen molar-refractivity contribution in [2.45, 2.75) is 31.8 Å². The molecule has 0 aliphatic carbocycles. The minimum Gasteiger partial charge on any atom is -0.359 e. The van der Waals surface area contributed by atoms with Crippen LogP contribution in [0.4, 0.5) is 5.13 Å². The molecule has 2 N–H and O–H groups in total. The molecule has 6 rings (SSSR count). The maximum Gasteiger partial charge on any atom is 0.188 e. The van der Waals surface area contributed by atoms with Crippen LogP contribution in [0.1, 0.15) is 19.8 Å². The van der Waals surface area contributed by atoms with Crippen molar-refractivity contribution in [2.75, 3.05) is 25.5 Å². The number of rotatable bonds is 4. The summed E-state index contributed by atoms with van der Waals surface area (Å²) in [6.45, 7) is 3.44. The molecule has 5 aromatic rings. The molecule has 1 aliphatic heterocycles. The van der Waals surface area contributed by atoms with E-state index < -0.39 is 0 Å². The Kier molecular flexibility index (Phi) is 4.74. The van der Waals surface area contributed by atoms with E-state index >= 15 is 0 Å². The van der Waals surface area contributed by atoms with E-state index in [1.54, 1.807) is 22.7 Å². The maximum absolute atomic E-state index is 4.94. The lowest BCUT2D eigenvalue weighted by atomic mass is 9.98. The van der Waals surface area contributed by atoms with E-state index in [-0.39, 0.29) is 0 Å². The Labute approximate surface area is 193 Å². The average Bonchev–Trinajstić information content (AvgIpc) is 3.57. The Hall–Kier alpha value is -2.82. The predicted octanol–water partition coefficient (Wildman–Crippen LogP) is 4.61. The predicted molar refractivity (Wildman–Crippen MR) is 131 cm³/mol. The van der Waals surface area contributed by atoms with Gasteiger partial charge in [0.15, 0.2) is 14.8 Å².